The molecule has 0 bridgehead atoms. The lowest BCUT2D eigenvalue weighted by atomic mass is 10.2. The number of aromatic nitrogens is 1. The molecular weight excluding hydrogens is 468 g/mol. The first kappa shape index (κ1) is 22.7. The predicted molar refractivity (Wildman–Crippen MR) is 130 cm³/mol. The Hall–Kier alpha value is -4.11. The third-order valence-electron chi connectivity index (χ3n) is 5.20. The normalized spacial score (nSPS) is 13.0. The van der Waals surface area contributed by atoms with E-state index in [0.29, 0.717) is 52.1 Å². The summed E-state index contributed by atoms with van der Waals surface area (Å²) in [6.45, 7) is 2.82. The Labute approximate surface area is 205 Å². The maximum Gasteiger partial charge on any atom is 0.326 e. The molecule has 4 aromatic rings. The average molecular weight is 491 g/mol. The fourth-order valence-electron chi connectivity index (χ4n) is 3.65. The zero-order valence-corrected chi connectivity index (χ0v) is 19.7. The van der Waals surface area contributed by atoms with E-state index in [-0.39, 0.29) is 13.2 Å². The van der Waals surface area contributed by atoms with Crippen LogP contribution in [0.25, 0.3) is 10.2 Å². The summed E-state index contributed by atoms with van der Waals surface area (Å²) in [5, 5.41) is 0. The Bertz CT molecular complexity index is 1460. The summed E-state index contributed by atoms with van der Waals surface area (Å²) in [5.74, 6) is 1.52. The number of nitrogens with zero attached hydrogens (tertiary/aromatic N) is 2. The van der Waals surface area contributed by atoms with Gasteiger partial charge in [-0.15, -0.1) is 0 Å². The first-order valence-corrected chi connectivity index (χ1v) is 11.9. The first-order chi connectivity index (χ1) is 17.1. The number of rotatable bonds is 6. The Morgan fingerprint density at radius 3 is 2.49 bits per heavy atom. The van der Waals surface area contributed by atoms with Crippen molar-refractivity contribution in [2.45, 2.75) is 13.5 Å². The highest BCUT2D eigenvalue weighted by Gasteiger charge is 2.19. The van der Waals surface area contributed by atoms with E-state index in [1.807, 2.05) is 36.4 Å². The molecule has 8 nitrogen and oxygen atoms in total. The summed E-state index contributed by atoms with van der Waals surface area (Å²) in [7, 11) is 0. The number of benzene rings is 3. The van der Waals surface area contributed by atoms with Crippen molar-refractivity contribution in [2.75, 3.05) is 19.8 Å². The molecule has 5 rings (SSSR count). The van der Waals surface area contributed by atoms with E-state index < -0.39 is 11.9 Å². The molecule has 0 radical (unpaired) electrons. The highest BCUT2D eigenvalue weighted by atomic mass is 32.1. The van der Waals surface area contributed by atoms with E-state index in [9.17, 15) is 9.59 Å². The van der Waals surface area contributed by atoms with Crippen molar-refractivity contribution in [3.63, 3.8) is 0 Å². The molecule has 9 heteroatoms. The summed E-state index contributed by atoms with van der Waals surface area (Å²) in [6, 6.07) is 19.8. The molecule has 1 aromatic heterocycles. The molecule has 0 atom stereocenters. The van der Waals surface area contributed by atoms with Gasteiger partial charge in [-0.05, 0) is 37.3 Å². The van der Waals surface area contributed by atoms with E-state index >= 15 is 0 Å². The summed E-state index contributed by atoms with van der Waals surface area (Å²) in [4.78, 5) is 30.2. The Balaban J connectivity index is 1.53. The molecule has 1 aliphatic rings. The summed E-state index contributed by atoms with van der Waals surface area (Å²) in [5.41, 5.74) is 1.07. The van der Waals surface area contributed by atoms with Crippen LogP contribution in [-0.4, -0.2) is 36.3 Å². The number of para-hydroxylation sites is 1. The van der Waals surface area contributed by atoms with Crippen LogP contribution in [0.1, 0.15) is 17.3 Å². The van der Waals surface area contributed by atoms with Gasteiger partial charge in [0.2, 0.25) is 0 Å². The van der Waals surface area contributed by atoms with Crippen LogP contribution in [0.5, 0.6) is 23.0 Å². The molecule has 2 heterocycles. The maximum atomic E-state index is 13.1. The summed E-state index contributed by atoms with van der Waals surface area (Å²) < 4.78 is 24.8. The van der Waals surface area contributed by atoms with Crippen LogP contribution in [0, 0.1) is 0 Å². The number of thiazole rings is 1. The number of hydrogen-bond acceptors (Lipinski definition) is 7. The van der Waals surface area contributed by atoms with Gasteiger partial charge < -0.3 is 23.5 Å². The largest absolute Gasteiger partial charge is 0.486 e. The molecule has 178 valence electrons. The van der Waals surface area contributed by atoms with E-state index in [0.717, 1.165) is 4.70 Å². The van der Waals surface area contributed by atoms with Gasteiger partial charge in [0.15, 0.2) is 16.3 Å². The van der Waals surface area contributed by atoms with Gasteiger partial charge in [-0.1, -0.05) is 35.6 Å². The van der Waals surface area contributed by atoms with Crippen molar-refractivity contribution < 1.29 is 28.5 Å². The van der Waals surface area contributed by atoms with Crippen molar-refractivity contribution in [1.82, 2.24) is 4.57 Å². The van der Waals surface area contributed by atoms with Crippen LogP contribution in [0.4, 0.5) is 0 Å². The number of esters is 1. The van der Waals surface area contributed by atoms with E-state index in [1.54, 1.807) is 41.8 Å². The minimum Gasteiger partial charge on any atom is -0.486 e. The Morgan fingerprint density at radius 1 is 0.971 bits per heavy atom. The quantitative estimate of drug-likeness (QED) is 0.368. The molecule has 0 unspecified atom stereocenters. The first-order valence-electron chi connectivity index (χ1n) is 11.1. The van der Waals surface area contributed by atoms with Gasteiger partial charge >= 0.3 is 5.97 Å². The molecule has 0 fully saturated rings. The van der Waals surface area contributed by atoms with E-state index in [1.165, 1.54) is 11.3 Å². The fraction of sp³-hybridized carbons (Fsp3) is 0.192. The van der Waals surface area contributed by atoms with Crippen molar-refractivity contribution in [1.29, 1.82) is 0 Å². The SMILES string of the molecule is CCOC(=O)Cn1c(=NC(=O)c2cccc(Oc3ccccc3)c2)sc2cc3c(cc21)OCCO3. The Kier molecular flexibility index (Phi) is 6.49. The summed E-state index contributed by atoms with van der Waals surface area (Å²) in [6.07, 6.45) is 0. The third-order valence-corrected chi connectivity index (χ3v) is 6.24. The number of ether oxygens (including phenoxy) is 4. The zero-order chi connectivity index (χ0) is 24.2. The van der Waals surface area contributed by atoms with Crippen LogP contribution in [0.15, 0.2) is 71.7 Å². The number of carbonyl (C=O) groups is 2. The number of fused-ring (bicyclic) bond motifs is 2. The highest BCUT2D eigenvalue weighted by molar-refractivity contribution is 7.16. The van der Waals surface area contributed by atoms with Gasteiger partial charge in [-0.3, -0.25) is 9.59 Å². The van der Waals surface area contributed by atoms with Gasteiger partial charge in [0, 0.05) is 17.7 Å². The molecule has 0 N–H and O–H groups in total. The van der Waals surface area contributed by atoms with Crippen LogP contribution >= 0.6 is 11.3 Å². The lowest BCUT2D eigenvalue weighted by molar-refractivity contribution is -0.143. The fourth-order valence-corrected chi connectivity index (χ4v) is 4.69. The molecule has 1 amide bonds. The molecule has 0 saturated carbocycles. The highest BCUT2D eigenvalue weighted by Crippen LogP contribution is 2.35. The smallest absolute Gasteiger partial charge is 0.326 e. The lowest BCUT2D eigenvalue weighted by Crippen LogP contribution is -2.23. The standard InChI is InChI=1S/C26H22N2O6S/c1-2-31-24(29)16-28-20-14-21-22(33-12-11-32-21)15-23(20)35-26(28)27-25(30)17-7-6-10-19(13-17)34-18-8-4-3-5-9-18/h3-10,13-15H,2,11-12,16H2,1H3. The average Bonchev–Trinajstić information content (AvgIpc) is 3.19. The second-order valence-electron chi connectivity index (χ2n) is 7.60. The van der Waals surface area contributed by atoms with Crippen LogP contribution in [0.2, 0.25) is 0 Å². The minimum absolute atomic E-state index is 0.0866. The monoisotopic (exact) mass is 490 g/mol. The summed E-state index contributed by atoms with van der Waals surface area (Å²) >= 11 is 1.29. The number of amides is 1. The zero-order valence-electron chi connectivity index (χ0n) is 18.9. The third kappa shape index (κ3) is 5.04. The van der Waals surface area contributed by atoms with Gasteiger partial charge in [-0.25, -0.2) is 0 Å². The van der Waals surface area contributed by atoms with Gasteiger partial charge in [0.1, 0.15) is 31.3 Å². The molecule has 0 aliphatic carbocycles. The van der Waals surface area contributed by atoms with Crippen molar-refractivity contribution >= 4 is 33.4 Å². The van der Waals surface area contributed by atoms with Gasteiger partial charge in [0.05, 0.1) is 16.8 Å². The second kappa shape index (κ2) is 10.0. The van der Waals surface area contributed by atoms with Crippen molar-refractivity contribution in [2.24, 2.45) is 4.99 Å². The van der Waals surface area contributed by atoms with E-state index in [4.69, 9.17) is 18.9 Å². The predicted octanol–water partition coefficient (Wildman–Crippen LogP) is 4.57. The lowest BCUT2D eigenvalue weighted by Gasteiger charge is -2.18. The van der Waals surface area contributed by atoms with E-state index in [2.05, 4.69) is 4.99 Å². The molecule has 0 spiro atoms. The topological polar surface area (TPSA) is 88.4 Å². The van der Waals surface area contributed by atoms with Crippen molar-refractivity contribution in [3.8, 4) is 23.0 Å². The van der Waals surface area contributed by atoms with Gasteiger partial charge in [0.25, 0.3) is 5.91 Å². The van der Waals surface area contributed by atoms with Crippen LogP contribution in [-0.2, 0) is 16.1 Å². The van der Waals surface area contributed by atoms with Crippen LogP contribution < -0.4 is 19.0 Å². The minimum atomic E-state index is -0.454. The molecule has 3 aromatic carbocycles. The maximum absolute atomic E-state index is 13.1. The number of hydrogen-bond donors (Lipinski definition) is 0. The number of carbonyl (C=O) groups excluding carboxylic acids is 2. The van der Waals surface area contributed by atoms with Gasteiger partial charge in [-0.2, -0.15) is 4.99 Å². The molecular formula is C26H22N2O6S. The molecule has 1 aliphatic heterocycles. The van der Waals surface area contributed by atoms with Crippen molar-refractivity contribution in [3.05, 3.63) is 77.1 Å². The Morgan fingerprint density at radius 2 is 1.71 bits per heavy atom. The molecule has 35 heavy (non-hydrogen) atoms. The van der Waals surface area contributed by atoms with Crippen LogP contribution in [0.3, 0.4) is 0 Å². The molecule has 0 saturated heterocycles. The second-order valence-corrected chi connectivity index (χ2v) is 8.61.